The molecule has 1 fully saturated rings. The molecule has 1 unspecified atom stereocenters. The second-order valence-electron chi connectivity index (χ2n) is 6.79. The Morgan fingerprint density at radius 1 is 1.17 bits per heavy atom. The topological polar surface area (TPSA) is 98.4 Å². The van der Waals surface area contributed by atoms with Crippen molar-refractivity contribution in [1.82, 2.24) is 4.90 Å². The first-order valence-electron chi connectivity index (χ1n) is 9.25. The normalized spacial score (nSPS) is 20.3. The Morgan fingerprint density at radius 3 is 2.62 bits per heavy atom. The number of rotatable bonds is 5. The van der Waals surface area contributed by atoms with Crippen LogP contribution in [-0.2, 0) is 14.3 Å². The van der Waals surface area contributed by atoms with Crippen molar-refractivity contribution in [2.24, 2.45) is 0 Å². The summed E-state index contributed by atoms with van der Waals surface area (Å²) in [5.74, 6) is 0.298. The summed E-state index contributed by atoms with van der Waals surface area (Å²) < 4.78 is 21.8. The molecule has 152 valence electrons. The molecule has 8 heteroatoms. The summed E-state index contributed by atoms with van der Waals surface area (Å²) in [5.41, 5.74) is 0.324. The highest BCUT2D eigenvalue weighted by molar-refractivity contribution is 6.46. The van der Waals surface area contributed by atoms with Gasteiger partial charge in [0.15, 0.2) is 11.5 Å². The van der Waals surface area contributed by atoms with E-state index in [1.54, 1.807) is 37.3 Å². The fourth-order valence-corrected chi connectivity index (χ4v) is 3.54. The molecule has 0 bridgehead atoms. The van der Waals surface area contributed by atoms with Crippen molar-refractivity contribution in [3.05, 3.63) is 53.0 Å². The van der Waals surface area contributed by atoms with E-state index in [0.29, 0.717) is 41.8 Å². The zero-order chi connectivity index (χ0) is 20.5. The highest BCUT2D eigenvalue weighted by Gasteiger charge is 2.47. The number of nitrogens with zero attached hydrogens (tertiary/aromatic N) is 1. The van der Waals surface area contributed by atoms with E-state index < -0.39 is 17.7 Å². The average molecular weight is 399 g/mol. The van der Waals surface area contributed by atoms with E-state index in [0.717, 1.165) is 0 Å². The van der Waals surface area contributed by atoms with E-state index in [-0.39, 0.29) is 24.5 Å². The molecule has 0 spiro atoms. The number of ether oxygens (including phenoxy) is 3. The fraction of sp³-hybridized carbons (Fsp3) is 0.333. The van der Waals surface area contributed by atoms with Crippen LogP contribution in [0.15, 0.2) is 40.3 Å². The van der Waals surface area contributed by atoms with Crippen LogP contribution in [0.5, 0.6) is 11.5 Å². The number of aliphatic hydroxyl groups excluding tert-OH is 1. The van der Waals surface area contributed by atoms with Gasteiger partial charge in [-0.15, -0.1) is 0 Å². The minimum atomic E-state index is -0.841. The number of fused-ring (bicyclic) bond motifs is 1. The van der Waals surface area contributed by atoms with Crippen LogP contribution in [0.25, 0.3) is 5.76 Å². The van der Waals surface area contributed by atoms with E-state index in [2.05, 4.69) is 0 Å². The Hall–Kier alpha value is -3.26. The van der Waals surface area contributed by atoms with Crippen molar-refractivity contribution in [1.29, 1.82) is 0 Å². The molecule has 4 rings (SSSR count). The van der Waals surface area contributed by atoms with Crippen molar-refractivity contribution in [3.63, 3.8) is 0 Å². The van der Waals surface area contributed by atoms with Crippen LogP contribution in [0.1, 0.15) is 23.1 Å². The molecule has 2 aromatic rings. The SMILES string of the molecule is COCCN1C(=O)C(=O)/C(=C(\O)c2ccc3c(c2)OCCO3)C1c1ccc(C)o1. The number of amides is 1. The summed E-state index contributed by atoms with van der Waals surface area (Å²) in [7, 11) is 1.51. The van der Waals surface area contributed by atoms with Crippen molar-refractivity contribution in [2.45, 2.75) is 13.0 Å². The Labute approximate surface area is 167 Å². The number of methoxy groups -OCH3 is 1. The summed E-state index contributed by atoms with van der Waals surface area (Å²) in [6.45, 7) is 3.04. The van der Waals surface area contributed by atoms with Gasteiger partial charge in [-0.25, -0.2) is 0 Å². The van der Waals surface area contributed by atoms with Gasteiger partial charge < -0.3 is 28.6 Å². The smallest absolute Gasteiger partial charge is 0.295 e. The molecule has 0 radical (unpaired) electrons. The highest BCUT2D eigenvalue weighted by Crippen LogP contribution is 2.41. The van der Waals surface area contributed by atoms with Gasteiger partial charge in [-0.1, -0.05) is 0 Å². The average Bonchev–Trinajstić information content (AvgIpc) is 3.27. The minimum absolute atomic E-state index is 0.0304. The van der Waals surface area contributed by atoms with Gasteiger partial charge in [0.2, 0.25) is 0 Å². The van der Waals surface area contributed by atoms with Gasteiger partial charge >= 0.3 is 0 Å². The van der Waals surface area contributed by atoms with Gasteiger partial charge in [-0.3, -0.25) is 9.59 Å². The van der Waals surface area contributed by atoms with Crippen molar-refractivity contribution < 1.29 is 33.3 Å². The maximum Gasteiger partial charge on any atom is 0.295 e. The molecule has 1 saturated heterocycles. The number of Topliss-reactive ketones (excluding diaryl/α,β-unsaturated/α-hetero) is 1. The molecular weight excluding hydrogens is 378 g/mol. The first-order valence-corrected chi connectivity index (χ1v) is 9.25. The predicted octanol–water partition coefficient (Wildman–Crippen LogP) is 2.43. The van der Waals surface area contributed by atoms with Crippen LogP contribution in [0, 0.1) is 6.92 Å². The molecule has 8 nitrogen and oxygen atoms in total. The van der Waals surface area contributed by atoms with E-state index in [4.69, 9.17) is 18.6 Å². The number of benzene rings is 1. The van der Waals surface area contributed by atoms with Gasteiger partial charge in [0.25, 0.3) is 11.7 Å². The van der Waals surface area contributed by atoms with E-state index in [1.807, 2.05) is 0 Å². The summed E-state index contributed by atoms with van der Waals surface area (Å²) >= 11 is 0. The molecule has 1 atom stereocenters. The number of carbonyl (C=O) groups is 2. The summed E-state index contributed by atoms with van der Waals surface area (Å²) in [4.78, 5) is 26.9. The summed E-state index contributed by atoms with van der Waals surface area (Å²) in [6, 6.07) is 7.48. The van der Waals surface area contributed by atoms with Crippen molar-refractivity contribution >= 4 is 17.4 Å². The van der Waals surface area contributed by atoms with Crippen LogP contribution < -0.4 is 9.47 Å². The van der Waals surface area contributed by atoms with Crippen LogP contribution in [0.3, 0.4) is 0 Å². The third-order valence-electron chi connectivity index (χ3n) is 4.92. The van der Waals surface area contributed by atoms with Gasteiger partial charge in [0.1, 0.15) is 36.5 Å². The molecule has 29 heavy (non-hydrogen) atoms. The van der Waals surface area contributed by atoms with E-state index >= 15 is 0 Å². The second-order valence-corrected chi connectivity index (χ2v) is 6.79. The van der Waals surface area contributed by atoms with Crippen LogP contribution >= 0.6 is 0 Å². The van der Waals surface area contributed by atoms with Gasteiger partial charge in [0, 0.05) is 19.2 Å². The molecule has 0 saturated carbocycles. The van der Waals surface area contributed by atoms with Crippen molar-refractivity contribution in [3.8, 4) is 11.5 Å². The summed E-state index contributed by atoms with van der Waals surface area (Å²) in [6.07, 6.45) is 0. The Balaban J connectivity index is 1.82. The molecule has 1 aromatic carbocycles. The molecule has 1 N–H and O–H groups in total. The minimum Gasteiger partial charge on any atom is -0.507 e. The molecule has 0 aliphatic carbocycles. The molecule has 2 aliphatic heterocycles. The standard InChI is InChI=1S/C21H21NO7/c1-12-3-5-15(29-12)18-17(20(24)21(25)22(18)7-8-26-2)19(23)13-4-6-14-16(11-13)28-10-9-27-14/h3-6,11,18,23H,7-10H2,1-2H3/b19-17-. The molecule has 3 heterocycles. The quantitative estimate of drug-likeness (QED) is 0.468. The Bertz CT molecular complexity index is 991. The highest BCUT2D eigenvalue weighted by atomic mass is 16.6. The van der Waals surface area contributed by atoms with Gasteiger partial charge in [0.05, 0.1) is 12.2 Å². The van der Waals surface area contributed by atoms with E-state index in [1.165, 1.54) is 12.0 Å². The van der Waals surface area contributed by atoms with Gasteiger partial charge in [-0.2, -0.15) is 0 Å². The second kappa shape index (κ2) is 7.63. The summed E-state index contributed by atoms with van der Waals surface area (Å²) in [5, 5.41) is 11.0. The van der Waals surface area contributed by atoms with Crippen LogP contribution in [0.2, 0.25) is 0 Å². The maximum absolute atomic E-state index is 12.8. The largest absolute Gasteiger partial charge is 0.507 e. The van der Waals surface area contributed by atoms with E-state index in [9.17, 15) is 14.7 Å². The molecule has 1 aromatic heterocycles. The lowest BCUT2D eigenvalue weighted by Crippen LogP contribution is -2.32. The monoisotopic (exact) mass is 399 g/mol. The Morgan fingerprint density at radius 2 is 1.93 bits per heavy atom. The number of aryl methyl sites for hydroxylation is 1. The van der Waals surface area contributed by atoms with Gasteiger partial charge in [-0.05, 0) is 37.3 Å². The lowest BCUT2D eigenvalue weighted by atomic mass is 9.99. The number of hydrogen-bond donors (Lipinski definition) is 1. The first kappa shape index (κ1) is 19.1. The lowest BCUT2D eigenvalue weighted by Gasteiger charge is -2.23. The fourth-order valence-electron chi connectivity index (χ4n) is 3.54. The zero-order valence-corrected chi connectivity index (χ0v) is 16.1. The molecule has 1 amide bonds. The number of aliphatic hydroxyl groups is 1. The van der Waals surface area contributed by atoms with Crippen LogP contribution in [0.4, 0.5) is 0 Å². The first-order chi connectivity index (χ1) is 14.0. The number of carbonyl (C=O) groups excluding carboxylic acids is 2. The maximum atomic E-state index is 12.8. The molecule has 2 aliphatic rings. The third kappa shape index (κ3) is 3.36. The predicted molar refractivity (Wildman–Crippen MR) is 102 cm³/mol. The van der Waals surface area contributed by atoms with Crippen LogP contribution in [-0.4, -0.2) is 55.2 Å². The number of hydrogen-bond acceptors (Lipinski definition) is 7. The number of furan rings is 1. The molecular formula is C21H21NO7. The zero-order valence-electron chi connectivity index (χ0n) is 16.1. The van der Waals surface area contributed by atoms with Crippen molar-refractivity contribution in [2.75, 3.05) is 33.5 Å². The Kier molecular flexibility index (Phi) is 5.02. The third-order valence-corrected chi connectivity index (χ3v) is 4.92. The number of ketones is 1. The lowest BCUT2D eigenvalue weighted by molar-refractivity contribution is -0.140. The number of likely N-dealkylation sites (tertiary alicyclic amines) is 1.